The van der Waals surface area contributed by atoms with E-state index in [1.54, 1.807) is 29.4 Å². The maximum Gasteiger partial charge on any atom is 0.246 e. The van der Waals surface area contributed by atoms with E-state index in [1.165, 1.54) is 10.5 Å². The van der Waals surface area contributed by atoms with Crippen molar-refractivity contribution in [3.05, 3.63) is 60.1 Å². The molecule has 11 heteroatoms. The molecule has 0 bridgehead atoms. The number of rotatable bonds is 4. The van der Waals surface area contributed by atoms with Crippen LogP contribution in [0.1, 0.15) is 5.56 Å². The summed E-state index contributed by atoms with van der Waals surface area (Å²) < 4.78 is 57.2. The van der Waals surface area contributed by atoms with E-state index in [1.807, 2.05) is 11.9 Å². The van der Waals surface area contributed by atoms with E-state index in [9.17, 15) is 8.42 Å². The van der Waals surface area contributed by atoms with Gasteiger partial charge in [-0.1, -0.05) is 0 Å². The fourth-order valence-corrected chi connectivity index (χ4v) is 5.03. The highest BCUT2D eigenvalue weighted by Crippen LogP contribution is 2.32. The molecule has 164 valence electrons. The van der Waals surface area contributed by atoms with Gasteiger partial charge in [-0.25, -0.2) is 22.2 Å². The van der Waals surface area contributed by atoms with E-state index < -0.39 is 26.6 Å². The Morgan fingerprint density at radius 1 is 1.10 bits per heavy atom. The van der Waals surface area contributed by atoms with Gasteiger partial charge in [0.2, 0.25) is 10.0 Å². The average molecular weight is 448 g/mol. The summed E-state index contributed by atoms with van der Waals surface area (Å²) in [5.74, 6) is -1.60. The zero-order valence-corrected chi connectivity index (χ0v) is 17.7. The van der Waals surface area contributed by atoms with Crippen molar-refractivity contribution in [1.82, 2.24) is 14.2 Å². The van der Waals surface area contributed by atoms with Crippen LogP contribution >= 0.6 is 0 Å². The maximum absolute atomic E-state index is 15.1. The van der Waals surface area contributed by atoms with Crippen LogP contribution in [0.4, 0.5) is 14.5 Å². The number of hydrogen-bond donors (Lipinski definition) is 1. The lowest BCUT2D eigenvalue weighted by atomic mass is 10.1. The van der Waals surface area contributed by atoms with Gasteiger partial charge < -0.3 is 15.5 Å². The summed E-state index contributed by atoms with van der Waals surface area (Å²) in [6.45, 7) is 1.63. The number of piperazine rings is 1. The van der Waals surface area contributed by atoms with Crippen LogP contribution in [-0.4, -0.2) is 68.2 Å². The minimum Gasteiger partial charge on any atom is -0.386 e. The van der Waals surface area contributed by atoms with Gasteiger partial charge in [0.05, 0.1) is 30.3 Å². The first kappa shape index (κ1) is 21.3. The number of benzene rings is 1. The van der Waals surface area contributed by atoms with Crippen molar-refractivity contribution >= 4 is 27.2 Å². The molecule has 0 atom stereocenters. The van der Waals surface area contributed by atoms with Crippen LogP contribution < -0.4 is 10.6 Å². The Morgan fingerprint density at radius 3 is 2.52 bits per heavy atom. The number of nitrogens with zero attached hydrogens (tertiary/aromatic N) is 5. The number of nitrogens with two attached hydrogens (primary N) is 1. The molecule has 4 rings (SSSR count). The number of sulfonamides is 1. The molecule has 0 unspecified atom stereocenters. The molecular formula is C20H22F2N6O2S. The number of hydrogen-bond acceptors (Lipinski definition) is 7. The number of aromatic nitrogens is 1. The molecule has 1 saturated heterocycles. The Morgan fingerprint density at radius 2 is 1.84 bits per heavy atom. The van der Waals surface area contributed by atoms with Crippen LogP contribution in [0.3, 0.4) is 0 Å². The van der Waals surface area contributed by atoms with Gasteiger partial charge in [-0.05, 0) is 31.3 Å². The lowest BCUT2D eigenvalue weighted by Gasteiger charge is -2.32. The minimum absolute atomic E-state index is 0.116. The number of halogens is 2. The summed E-state index contributed by atoms with van der Waals surface area (Å²) in [6, 6.07) is 5.09. The average Bonchev–Trinajstić information content (AvgIpc) is 2.76. The Bertz CT molecular complexity index is 1150. The lowest BCUT2D eigenvalue weighted by Crippen LogP contribution is -2.47. The molecule has 0 spiro atoms. The van der Waals surface area contributed by atoms with Crippen LogP contribution in [-0.2, 0) is 10.0 Å². The molecule has 0 aliphatic carbocycles. The molecule has 0 radical (unpaired) electrons. The fourth-order valence-electron chi connectivity index (χ4n) is 3.55. The van der Waals surface area contributed by atoms with E-state index in [0.29, 0.717) is 24.6 Å². The lowest BCUT2D eigenvalue weighted by molar-refractivity contribution is 0.222. The monoisotopic (exact) mass is 448 g/mol. The highest BCUT2D eigenvalue weighted by molar-refractivity contribution is 7.89. The van der Waals surface area contributed by atoms with Crippen LogP contribution in [0.5, 0.6) is 0 Å². The van der Waals surface area contributed by atoms with Gasteiger partial charge in [0.15, 0.2) is 0 Å². The number of pyridine rings is 1. The topological polar surface area (TPSA) is 95.1 Å². The van der Waals surface area contributed by atoms with E-state index in [-0.39, 0.29) is 30.9 Å². The van der Waals surface area contributed by atoms with Gasteiger partial charge in [0.25, 0.3) is 0 Å². The third kappa shape index (κ3) is 4.16. The zero-order valence-electron chi connectivity index (χ0n) is 16.9. The molecule has 2 aliphatic heterocycles. The second kappa shape index (κ2) is 8.33. The maximum atomic E-state index is 15.1. The Balaban J connectivity index is 1.73. The van der Waals surface area contributed by atoms with Gasteiger partial charge in [-0.2, -0.15) is 4.31 Å². The predicted octanol–water partition coefficient (Wildman–Crippen LogP) is 1.47. The standard InChI is InChI=1S/C20H22F2N6O2S/c1-26-5-7-27(8-6-26)31(29,30)19-10-16(21)15(9-17(19)22)18-12-25-20(23)13-28(18)14-3-2-4-24-11-14/h2-4,9-12H,5-8,13H2,1H3,(H2,23,25). The van der Waals surface area contributed by atoms with E-state index >= 15 is 8.78 Å². The summed E-state index contributed by atoms with van der Waals surface area (Å²) in [6.07, 6.45) is 4.48. The summed E-state index contributed by atoms with van der Waals surface area (Å²) in [5.41, 5.74) is 6.58. The molecule has 0 saturated carbocycles. The first-order valence-electron chi connectivity index (χ1n) is 9.65. The summed E-state index contributed by atoms with van der Waals surface area (Å²) >= 11 is 0. The van der Waals surface area contributed by atoms with Crippen molar-refractivity contribution in [1.29, 1.82) is 0 Å². The molecule has 1 aromatic heterocycles. The van der Waals surface area contributed by atoms with Gasteiger partial charge in [-0.3, -0.25) is 4.98 Å². The SMILES string of the molecule is CN1CCN(S(=O)(=O)c2cc(F)c(C3=CN=C(N)CN3c3cccnc3)cc2F)CC1. The number of amidine groups is 1. The third-order valence-electron chi connectivity index (χ3n) is 5.30. The summed E-state index contributed by atoms with van der Waals surface area (Å²) in [5, 5.41) is 0. The molecule has 0 amide bonds. The normalized spacial score (nSPS) is 18.6. The van der Waals surface area contributed by atoms with E-state index in [2.05, 4.69) is 9.98 Å². The van der Waals surface area contributed by atoms with Gasteiger partial charge >= 0.3 is 0 Å². The van der Waals surface area contributed by atoms with Gasteiger partial charge in [0.1, 0.15) is 22.4 Å². The van der Waals surface area contributed by atoms with Gasteiger partial charge in [-0.15, -0.1) is 0 Å². The van der Waals surface area contributed by atoms with Crippen molar-refractivity contribution in [2.45, 2.75) is 4.90 Å². The highest BCUT2D eigenvalue weighted by atomic mass is 32.2. The first-order valence-corrected chi connectivity index (χ1v) is 11.1. The molecule has 2 aromatic rings. The van der Waals surface area contributed by atoms with Crippen molar-refractivity contribution in [2.24, 2.45) is 10.7 Å². The molecule has 1 aromatic carbocycles. The van der Waals surface area contributed by atoms with E-state index in [4.69, 9.17) is 5.73 Å². The van der Waals surface area contributed by atoms with Crippen molar-refractivity contribution in [2.75, 3.05) is 44.7 Å². The largest absolute Gasteiger partial charge is 0.386 e. The fraction of sp³-hybridized carbons (Fsp3) is 0.300. The van der Waals surface area contributed by atoms with Gasteiger partial charge in [0, 0.05) is 37.9 Å². The van der Waals surface area contributed by atoms with Crippen molar-refractivity contribution in [3.63, 3.8) is 0 Å². The molecule has 3 heterocycles. The Kier molecular flexibility index (Phi) is 5.73. The quantitative estimate of drug-likeness (QED) is 0.761. The molecular weight excluding hydrogens is 426 g/mol. The molecule has 2 N–H and O–H groups in total. The minimum atomic E-state index is -4.16. The number of anilines is 1. The number of likely N-dealkylation sites (N-methyl/N-ethyl adjacent to an activating group) is 1. The Labute approximate surface area is 179 Å². The van der Waals surface area contributed by atoms with Crippen LogP contribution in [0.15, 0.2) is 52.7 Å². The van der Waals surface area contributed by atoms with Crippen molar-refractivity contribution < 1.29 is 17.2 Å². The predicted molar refractivity (Wildman–Crippen MR) is 114 cm³/mol. The Hall–Kier alpha value is -2.89. The summed E-state index contributed by atoms with van der Waals surface area (Å²) in [4.78, 5) is 11.0. The second-order valence-electron chi connectivity index (χ2n) is 7.40. The molecule has 1 fully saturated rings. The zero-order chi connectivity index (χ0) is 22.2. The summed E-state index contributed by atoms with van der Waals surface area (Å²) in [7, 11) is -2.28. The van der Waals surface area contributed by atoms with E-state index in [0.717, 1.165) is 12.1 Å². The molecule has 31 heavy (non-hydrogen) atoms. The van der Waals surface area contributed by atoms with Crippen molar-refractivity contribution in [3.8, 4) is 0 Å². The van der Waals surface area contributed by atoms with Crippen LogP contribution in [0.25, 0.3) is 5.70 Å². The number of aliphatic imine (C=N–C) groups is 1. The smallest absolute Gasteiger partial charge is 0.246 e. The second-order valence-corrected chi connectivity index (χ2v) is 9.31. The van der Waals surface area contributed by atoms with Crippen LogP contribution in [0, 0.1) is 11.6 Å². The third-order valence-corrected chi connectivity index (χ3v) is 7.21. The highest BCUT2D eigenvalue weighted by Gasteiger charge is 2.32. The van der Waals surface area contributed by atoms with Crippen LogP contribution in [0.2, 0.25) is 0 Å². The first-order chi connectivity index (χ1) is 14.8. The molecule has 2 aliphatic rings. The molecule has 8 nitrogen and oxygen atoms in total.